The van der Waals surface area contributed by atoms with Crippen LogP contribution in [0.1, 0.15) is 45.4 Å². The maximum Gasteiger partial charge on any atom is 0.149 e. The second-order valence-corrected chi connectivity index (χ2v) is 9.71. The van der Waals surface area contributed by atoms with Crippen LogP contribution in [0.5, 0.6) is 0 Å². The van der Waals surface area contributed by atoms with Gasteiger partial charge < -0.3 is 20.7 Å². The Morgan fingerprint density at radius 2 is 1.88 bits per heavy atom. The molecule has 1 heterocycles. The summed E-state index contributed by atoms with van der Waals surface area (Å²) in [5.74, 6) is -0.268. The van der Waals surface area contributed by atoms with E-state index in [2.05, 4.69) is 33.9 Å². The molecule has 0 aliphatic heterocycles. The van der Waals surface area contributed by atoms with Gasteiger partial charge in [0.15, 0.2) is 0 Å². The van der Waals surface area contributed by atoms with Crippen molar-refractivity contribution in [3.63, 3.8) is 0 Å². The van der Waals surface area contributed by atoms with Crippen LogP contribution < -0.4 is 16.0 Å². The zero-order valence-electron chi connectivity index (χ0n) is 19.8. The average molecular weight is 470 g/mol. The smallest absolute Gasteiger partial charge is 0.149 e. The fourth-order valence-electron chi connectivity index (χ4n) is 4.62. The van der Waals surface area contributed by atoms with Gasteiger partial charge in [0.1, 0.15) is 17.5 Å². The van der Waals surface area contributed by atoms with Gasteiger partial charge in [-0.15, -0.1) is 0 Å². The van der Waals surface area contributed by atoms with E-state index in [0.29, 0.717) is 42.2 Å². The molecule has 8 heteroatoms. The predicted octanol–water partition coefficient (Wildman–Crippen LogP) is 5.09. The molecule has 0 spiro atoms. The lowest BCUT2D eigenvalue weighted by atomic mass is 9.90. The number of nitrogens with zero attached hydrogens (tertiary/aromatic N) is 2. The summed E-state index contributed by atoms with van der Waals surface area (Å²) in [6, 6.07) is 9.54. The fraction of sp³-hybridized carbons (Fsp3) is 0.538. The highest BCUT2D eigenvalue weighted by atomic mass is 19.1. The van der Waals surface area contributed by atoms with Gasteiger partial charge in [-0.25, -0.2) is 13.8 Å². The highest BCUT2D eigenvalue weighted by molar-refractivity contribution is 5.71. The number of ether oxygens (including phenoxy) is 1. The molecule has 0 saturated heterocycles. The van der Waals surface area contributed by atoms with Crippen molar-refractivity contribution in [2.45, 2.75) is 63.6 Å². The second kappa shape index (κ2) is 10.7. The van der Waals surface area contributed by atoms with Gasteiger partial charge in [-0.3, -0.25) is 0 Å². The summed E-state index contributed by atoms with van der Waals surface area (Å²) in [6.07, 6.45) is 6.94. The van der Waals surface area contributed by atoms with E-state index in [1.807, 2.05) is 0 Å². The summed E-state index contributed by atoms with van der Waals surface area (Å²) in [5.41, 5.74) is 0.801. The third-order valence-corrected chi connectivity index (χ3v) is 6.86. The summed E-state index contributed by atoms with van der Waals surface area (Å²) >= 11 is 0. The van der Waals surface area contributed by atoms with Gasteiger partial charge >= 0.3 is 0 Å². The largest absolute Gasteiger partial charge is 0.383 e. The number of nitriles is 1. The Bertz CT molecular complexity index is 1030. The minimum absolute atomic E-state index is 0.271. The third-order valence-electron chi connectivity index (χ3n) is 6.86. The number of nitrogens with one attached hydrogen (secondary N) is 3. The summed E-state index contributed by atoms with van der Waals surface area (Å²) < 4.78 is 34.2. The Balaban J connectivity index is 1.40. The molecule has 34 heavy (non-hydrogen) atoms. The summed E-state index contributed by atoms with van der Waals surface area (Å²) in [5, 5.41) is 19.3. The first-order chi connectivity index (χ1) is 16.4. The topological polar surface area (TPSA) is 82.0 Å². The minimum atomic E-state index is -0.459. The number of anilines is 2. The Labute approximate surface area is 200 Å². The molecule has 1 aromatic carbocycles. The minimum Gasteiger partial charge on any atom is -0.383 e. The van der Waals surface area contributed by atoms with Crippen LogP contribution >= 0.6 is 0 Å². The standard InChI is InChI=1S/C26H33F2N5O/c1-17(14-34-2)32-19-4-6-20(7-5-19)33-25-12-21(23(28)13-30-25)18-3-8-22(27)24(11-18)31-16-26(15-29)9-10-26/h3,8,11-13,17,19-20,31-32H,4-7,9-10,14,16H2,1-2H3,(H,30,33). The first kappa shape index (κ1) is 24.4. The van der Waals surface area contributed by atoms with Gasteiger partial charge in [0.05, 0.1) is 30.0 Å². The predicted molar refractivity (Wildman–Crippen MR) is 129 cm³/mol. The number of aromatic nitrogens is 1. The Kier molecular flexibility index (Phi) is 7.64. The van der Waals surface area contributed by atoms with E-state index in [9.17, 15) is 14.0 Å². The lowest BCUT2D eigenvalue weighted by molar-refractivity contribution is 0.161. The number of hydrogen-bond donors (Lipinski definition) is 3. The van der Waals surface area contributed by atoms with Crippen LogP contribution in [-0.2, 0) is 4.74 Å². The molecule has 1 unspecified atom stereocenters. The molecule has 2 saturated carbocycles. The molecule has 2 aromatic rings. The van der Waals surface area contributed by atoms with E-state index in [-0.39, 0.29) is 11.7 Å². The molecule has 2 aliphatic rings. The summed E-state index contributed by atoms with van der Waals surface area (Å²) in [6.45, 7) is 3.21. The Hall–Kier alpha value is -2.76. The molecular formula is C26H33F2N5O. The van der Waals surface area contributed by atoms with Crippen molar-refractivity contribution >= 4 is 11.5 Å². The van der Waals surface area contributed by atoms with Crippen LogP contribution in [0.15, 0.2) is 30.5 Å². The number of pyridine rings is 1. The number of methoxy groups -OCH3 is 1. The molecule has 1 atom stereocenters. The van der Waals surface area contributed by atoms with Gasteiger partial charge in [0.25, 0.3) is 0 Å². The zero-order chi connectivity index (χ0) is 24.1. The highest BCUT2D eigenvalue weighted by Gasteiger charge is 2.43. The maximum absolute atomic E-state index is 14.7. The molecule has 3 N–H and O–H groups in total. The van der Waals surface area contributed by atoms with Gasteiger partial charge in [-0.2, -0.15) is 5.26 Å². The first-order valence-electron chi connectivity index (χ1n) is 12.0. The Morgan fingerprint density at radius 3 is 2.56 bits per heavy atom. The van der Waals surface area contributed by atoms with Crippen molar-refractivity contribution < 1.29 is 13.5 Å². The summed E-state index contributed by atoms with van der Waals surface area (Å²) in [4.78, 5) is 4.23. The number of benzene rings is 1. The fourth-order valence-corrected chi connectivity index (χ4v) is 4.62. The van der Waals surface area contributed by atoms with E-state index in [4.69, 9.17) is 4.74 Å². The number of hydrogen-bond acceptors (Lipinski definition) is 6. The lowest BCUT2D eigenvalue weighted by Crippen LogP contribution is -2.42. The molecule has 2 aliphatic carbocycles. The molecule has 2 fully saturated rings. The molecule has 0 bridgehead atoms. The van der Waals surface area contributed by atoms with Crippen molar-refractivity contribution in [3.05, 3.63) is 42.1 Å². The number of halogens is 2. The zero-order valence-corrected chi connectivity index (χ0v) is 19.8. The average Bonchev–Trinajstić information content (AvgIpc) is 3.62. The highest BCUT2D eigenvalue weighted by Crippen LogP contribution is 2.45. The van der Waals surface area contributed by atoms with E-state index < -0.39 is 17.0 Å². The van der Waals surface area contributed by atoms with Gasteiger partial charge in [-0.1, -0.05) is 6.07 Å². The molecule has 0 amide bonds. The quantitative estimate of drug-likeness (QED) is 0.450. The van der Waals surface area contributed by atoms with Crippen LogP contribution in [0.4, 0.5) is 20.3 Å². The van der Waals surface area contributed by atoms with Crippen LogP contribution in [0.2, 0.25) is 0 Å². The van der Waals surface area contributed by atoms with Gasteiger partial charge in [0, 0.05) is 37.3 Å². The number of rotatable bonds is 10. The SMILES string of the molecule is COCC(C)NC1CCC(Nc2cc(-c3ccc(F)c(NCC4(C#N)CC4)c3)c(F)cn2)CC1. The molecule has 182 valence electrons. The van der Waals surface area contributed by atoms with E-state index in [0.717, 1.165) is 38.5 Å². The van der Waals surface area contributed by atoms with Crippen LogP contribution in [0.25, 0.3) is 11.1 Å². The van der Waals surface area contributed by atoms with E-state index in [1.165, 1.54) is 12.3 Å². The normalized spacial score (nSPS) is 22.0. The van der Waals surface area contributed by atoms with Crippen LogP contribution in [-0.4, -0.2) is 43.4 Å². The van der Waals surface area contributed by atoms with E-state index >= 15 is 0 Å². The van der Waals surface area contributed by atoms with Crippen molar-refractivity contribution in [1.82, 2.24) is 10.3 Å². The van der Waals surface area contributed by atoms with Crippen molar-refractivity contribution in [2.24, 2.45) is 5.41 Å². The van der Waals surface area contributed by atoms with Crippen LogP contribution in [0.3, 0.4) is 0 Å². The third kappa shape index (κ3) is 6.02. The maximum atomic E-state index is 14.7. The monoisotopic (exact) mass is 469 g/mol. The second-order valence-electron chi connectivity index (χ2n) is 9.71. The van der Waals surface area contributed by atoms with Gasteiger partial charge in [0.2, 0.25) is 0 Å². The molecular weight excluding hydrogens is 436 g/mol. The molecule has 4 rings (SSSR count). The van der Waals surface area contributed by atoms with Crippen molar-refractivity contribution in [3.8, 4) is 17.2 Å². The lowest BCUT2D eigenvalue weighted by Gasteiger charge is -2.31. The van der Waals surface area contributed by atoms with E-state index in [1.54, 1.807) is 25.3 Å². The van der Waals surface area contributed by atoms with Gasteiger partial charge in [-0.05, 0) is 69.2 Å². The molecule has 0 radical (unpaired) electrons. The molecule has 6 nitrogen and oxygen atoms in total. The molecule has 1 aromatic heterocycles. The Morgan fingerprint density at radius 1 is 1.15 bits per heavy atom. The summed E-state index contributed by atoms with van der Waals surface area (Å²) in [7, 11) is 1.71. The van der Waals surface area contributed by atoms with Crippen molar-refractivity contribution in [1.29, 1.82) is 5.26 Å². The first-order valence-corrected chi connectivity index (χ1v) is 12.0. The van der Waals surface area contributed by atoms with Crippen molar-refractivity contribution in [2.75, 3.05) is 30.9 Å². The van der Waals surface area contributed by atoms with Crippen LogP contribution in [0, 0.1) is 28.4 Å².